The SMILES string of the molecule is CC(C)(C)c1ccc(C(C)(C)C)n2cccc12.CC(C)(C)c1ccc(C(C)(C)C)n2cccc12.Cc1cc(C(C)(C)C)ccc1C(C)(C)C. The van der Waals surface area contributed by atoms with E-state index in [0.29, 0.717) is 0 Å². The normalized spacial score (nSPS) is 13.2. The zero-order valence-corrected chi connectivity index (χ0v) is 34.9. The summed E-state index contributed by atoms with van der Waals surface area (Å²) in [6, 6.07) is 24.7. The molecule has 0 saturated carbocycles. The van der Waals surface area contributed by atoms with Gasteiger partial charge >= 0.3 is 0 Å². The van der Waals surface area contributed by atoms with Gasteiger partial charge in [0.25, 0.3) is 0 Å². The van der Waals surface area contributed by atoms with Crippen molar-refractivity contribution in [3.05, 3.63) is 118 Å². The summed E-state index contributed by atoms with van der Waals surface area (Å²) in [4.78, 5) is 0. The number of hydrogen-bond acceptors (Lipinski definition) is 0. The number of aromatic nitrogens is 2. The van der Waals surface area contributed by atoms with Crippen LogP contribution in [0, 0.1) is 6.92 Å². The van der Waals surface area contributed by atoms with E-state index in [1.165, 1.54) is 50.2 Å². The summed E-state index contributed by atoms with van der Waals surface area (Å²) in [5.41, 5.74) is 13.8. The lowest BCUT2D eigenvalue weighted by molar-refractivity contribution is 0.553. The summed E-state index contributed by atoms with van der Waals surface area (Å²) in [5, 5.41) is 0. The molecule has 0 radical (unpaired) electrons. The number of rotatable bonds is 0. The van der Waals surface area contributed by atoms with Crippen molar-refractivity contribution in [2.45, 2.75) is 164 Å². The highest BCUT2D eigenvalue weighted by Crippen LogP contribution is 2.33. The van der Waals surface area contributed by atoms with Gasteiger partial charge in [-0.25, -0.2) is 0 Å². The van der Waals surface area contributed by atoms with E-state index in [2.05, 4.69) is 219 Å². The van der Waals surface area contributed by atoms with Crippen molar-refractivity contribution in [2.75, 3.05) is 0 Å². The molecule has 1 aromatic carbocycles. The van der Waals surface area contributed by atoms with Crippen molar-refractivity contribution < 1.29 is 0 Å². The maximum atomic E-state index is 2.33. The molecule has 0 unspecified atom stereocenters. The molecule has 0 fully saturated rings. The van der Waals surface area contributed by atoms with Crippen LogP contribution in [0.25, 0.3) is 11.0 Å². The van der Waals surface area contributed by atoms with Gasteiger partial charge in [0.2, 0.25) is 0 Å². The van der Waals surface area contributed by atoms with E-state index in [1.54, 1.807) is 0 Å². The van der Waals surface area contributed by atoms with Gasteiger partial charge < -0.3 is 8.80 Å². The molecule has 0 amide bonds. The highest BCUT2D eigenvalue weighted by molar-refractivity contribution is 5.60. The summed E-state index contributed by atoms with van der Waals surface area (Å²) in [5.74, 6) is 0. The largest absolute Gasteiger partial charge is 0.320 e. The summed E-state index contributed by atoms with van der Waals surface area (Å²) >= 11 is 0. The third-order valence-corrected chi connectivity index (χ3v) is 9.44. The lowest BCUT2D eigenvalue weighted by Crippen LogP contribution is -2.19. The van der Waals surface area contributed by atoms with Gasteiger partial charge in [0.15, 0.2) is 0 Å². The molecule has 0 aliphatic rings. The zero-order chi connectivity index (χ0) is 37.5. The second kappa shape index (κ2) is 13.8. The molecule has 4 aromatic heterocycles. The van der Waals surface area contributed by atoms with Crippen LogP contribution in [-0.4, -0.2) is 8.80 Å². The quantitative estimate of drug-likeness (QED) is 0.156. The van der Waals surface area contributed by atoms with E-state index in [0.717, 1.165) is 0 Å². The summed E-state index contributed by atoms with van der Waals surface area (Å²) in [7, 11) is 0. The third kappa shape index (κ3) is 9.71. The molecular formula is C47H70N2. The number of fused-ring (bicyclic) bond motifs is 2. The molecule has 268 valence electrons. The molecule has 0 aliphatic heterocycles. The van der Waals surface area contributed by atoms with Crippen molar-refractivity contribution >= 4 is 11.0 Å². The van der Waals surface area contributed by atoms with Crippen molar-refractivity contribution in [3.8, 4) is 0 Å². The molecular weight excluding hydrogens is 593 g/mol. The first kappa shape index (κ1) is 40.2. The third-order valence-electron chi connectivity index (χ3n) is 9.44. The monoisotopic (exact) mass is 663 g/mol. The average molecular weight is 663 g/mol. The van der Waals surface area contributed by atoms with Crippen LogP contribution < -0.4 is 0 Å². The van der Waals surface area contributed by atoms with Crippen molar-refractivity contribution in [1.29, 1.82) is 0 Å². The molecule has 5 rings (SSSR count). The van der Waals surface area contributed by atoms with Gasteiger partial charge in [0.1, 0.15) is 0 Å². The van der Waals surface area contributed by atoms with Crippen LogP contribution in [-0.2, 0) is 32.5 Å². The number of hydrogen-bond donors (Lipinski definition) is 0. The minimum atomic E-state index is 0.174. The van der Waals surface area contributed by atoms with E-state index in [9.17, 15) is 0 Å². The van der Waals surface area contributed by atoms with E-state index in [4.69, 9.17) is 0 Å². The Morgan fingerprint density at radius 2 is 0.714 bits per heavy atom. The molecule has 0 atom stereocenters. The van der Waals surface area contributed by atoms with Gasteiger partial charge in [0, 0.05) is 45.6 Å². The average Bonchev–Trinajstić information content (AvgIpc) is 3.59. The van der Waals surface area contributed by atoms with Crippen molar-refractivity contribution in [2.24, 2.45) is 0 Å². The van der Waals surface area contributed by atoms with E-state index in [1.807, 2.05) is 0 Å². The Bertz CT molecular complexity index is 1650. The molecule has 5 aromatic rings. The topological polar surface area (TPSA) is 8.82 Å². The van der Waals surface area contributed by atoms with E-state index >= 15 is 0 Å². The summed E-state index contributed by atoms with van der Waals surface area (Å²) in [6.45, 7) is 43.0. The Balaban J connectivity index is 0.000000200. The van der Waals surface area contributed by atoms with Gasteiger partial charge in [-0.1, -0.05) is 155 Å². The Hall–Kier alpha value is -3.26. The fourth-order valence-corrected chi connectivity index (χ4v) is 6.74. The van der Waals surface area contributed by atoms with Gasteiger partial charge in [-0.2, -0.15) is 0 Å². The Labute approximate surface area is 301 Å². The number of pyridine rings is 2. The van der Waals surface area contributed by atoms with E-state index < -0.39 is 0 Å². The highest BCUT2D eigenvalue weighted by atomic mass is 14.9. The van der Waals surface area contributed by atoms with E-state index in [-0.39, 0.29) is 32.5 Å². The second-order valence-electron chi connectivity index (χ2n) is 20.3. The molecule has 0 spiro atoms. The van der Waals surface area contributed by atoms with Crippen LogP contribution in [0.1, 0.15) is 164 Å². The van der Waals surface area contributed by atoms with Crippen LogP contribution in [0.5, 0.6) is 0 Å². The fraction of sp³-hybridized carbons (Fsp3) is 0.532. The number of benzene rings is 1. The predicted molar refractivity (Wildman–Crippen MR) is 218 cm³/mol. The Kier molecular flexibility index (Phi) is 11.3. The lowest BCUT2D eigenvalue weighted by Gasteiger charge is -2.26. The highest BCUT2D eigenvalue weighted by Gasteiger charge is 2.24. The smallest absolute Gasteiger partial charge is 0.0490 e. The van der Waals surface area contributed by atoms with Gasteiger partial charge in [-0.3, -0.25) is 0 Å². The number of nitrogens with zero attached hydrogens (tertiary/aromatic N) is 2. The molecule has 2 heteroatoms. The summed E-state index contributed by atoms with van der Waals surface area (Å²) < 4.78 is 4.67. The molecule has 2 nitrogen and oxygen atoms in total. The first-order valence-electron chi connectivity index (χ1n) is 18.4. The van der Waals surface area contributed by atoms with Gasteiger partial charge in [0.05, 0.1) is 0 Å². The Morgan fingerprint density at radius 3 is 1.00 bits per heavy atom. The zero-order valence-electron chi connectivity index (χ0n) is 34.9. The van der Waals surface area contributed by atoms with Crippen LogP contribution in [0.15, 0.2) is 79.1 Å². The maximum absolute atomic E-state index is 2.33. The van der Waals surface area contributed by atoms with Crippen LogP contribution >= 0.6 is 0 Å². The van der Waals surface area contributed by atoms with Crippen molar-refractivity contribution in [1.82, 2.24) is 8.80 Å². The molecule has 49 heavy (non-hydrogen) atoms. The van der Waals surface area contributed by atoms with Crippen LogP contribution in [0.2, 0.25) is 0 Å². The van der Waals surface area contributed by atoms with Gasteiger partial charge in [-0.15, -0.1) is 0 Å². The standard InChI is InChI=1S/2C16H23N.C15H24/c2*1-15(2,3)12-9-10-14(16(4,5)6)17-11-7-8-13(12)17;1-11-10-12(14(2,3)4)8-9-13(11)15(5,6)7/h2*7-11H,1-6H3;8-10H,1-7H3. The molecule has 0 N–H and O–H groups in total. The van der Waals surface area contributed by atoms with Crippen LogP contribution in [0.3, 0.4) is 0 Å². The molecule has 4 heterocycles. The molecule has 0 saturated heterocycles. The molecule has 0 bridgehead atoms. The van der Waals surface area contributed by atoms with Crippen molar-refractivity contribution in [3.63, 3.8) is 0 Å². The predicted octanol–water partition coefficient (Wildman–Crippen LogP) is 13.7. The fourth-order valence-electron chi connectivity index (χ4n) is 6.74. The summed E-state index contributed by atoms with van der Waals surface area (Å²) in [6.07, 6.45) is 4.34. The van der Waals surface area contributed by atoms with Gasteiger partial charge in [-0.05, 0) is 92.8 Å². The lowest BCUT2D eigenvalue weighted by atomic mass is 9.80. The minimum Gasteiger partial charge on any atom is -0.320 e. The Morgan fingerprint density at radius 1 is 0.367 bits per heavy atom. The minimum absolute atomic E-state index is 0.174. The second-order valence-corrected chi connectivity index (χ2v) is 20.3. The van der Waals surface area contributed by atoms with Crippen LogP contribution in [0.4, 0.5) is 0 Å². The maximum Gasteiger partial charge on any atom is 0.0490 e. The first-order chi connectivity index (χ1) is 22.0. The number of aryl methyl sites for hydroxylation is 1. The first-order valence-corrected chi connectivity index (χ1v) is 18.4. The molecule has 0 aliphatic carbocycles.